The number of aromatic nitrogens is 5. The minimum absolute atomic E-state index is 0.602. The van der Waals surface area contributed by atoms with Crippen LogP contribution in [0.3, 0.4) is 0 Å². The first-order valence-corrected chi connectivity index (χ1v) is 25.6. The fraction of sp³-hybridized carbons (Fsp3) is 0. The lowest BCUT2D eigenvalue weighted by Crippen LogP contribution is -2.04. The third-order valence-corrected chi connectivity index (χ3v) is 16.3. The van der Waals surface area contributed by atoms with Gasteiger partial charge in [0.05, 0.1) is 27.8 Å². The van der Waals surface area contributed by atoms with Crippen molar-refractivity contribution in [1.29, 1.82) is 0 Å². The van der Waals surface area contributed by atoms with Gasteiger partial charge in [-0.2, -0.15) is 0 Å². The summed E-state index contributed by atoms with van der Waals surface area (Å²) >= 11 is 1.86. The van der Waals surface area contributed by atoms with Crippen molar-refractivity contribution in [2.24, 2.45) is 0 Å². The van der Waals surface area contributed by atoms with Crippen LogP contribution in [0.1, 0.15) is 0 Å². The molecule has 0 bridgehead atoms. The van der Waals surface area contributed by atoms with E-state index in [0.717, 1.165) is 60.9 Å². The smallest absolute Gasteiger partial charge is 0.166 e. The van der Waals surface area contributed by atoms with Gasteiger partial charge in [-0.15, -0.1) is 11.3 Å². The first-order chi connectivity index (χ1) is 36.2. The van der Waals surface area contributed by atoms with Crippen molar-refractivity contribution in [2.75, 3.05) is 0 Å². The Balaban J connectivity index is 1.06. The third kappa shape index (κ3) is 5.99. The van der Waals surface area contributed by atoms with Crippen molar-refractivity contribution in [3.63, 3.8) is 0 Å². The summed E-state index contributed by atoms with van der Waals surface area (Å²) in [5.41, 5.74) is 9.41. The molecule has 12 aromatic carbocycles. The van der Waals surface area contributed by atoms with Gasteiger partial charge in [-0.05, 0) is 97.7 Å². The van der Waals surface area contributed by atoms with Crippen LogP contribution in [0.5, 0.6) is 0 Å². The molecule has 0 N–H and O–H groups in total. The fourth-order valence-corrected chi connectivity index (χ4v) is 13.1. The number of benzene rings is 12. The van der Waals surface area contributed by atoms with Gasteiger partial charge in [0.25, 0.3) is 0 Å². The molecule has 0 radical (unpaired) electrons. The van der Waals surface area contributed by atoms with Crippen LogP contribution in [-0.4, -0.2) is 24.1 Å². The van der Waals surface area contributed by atoms with E-state index in [1.165, 1.54) is 74.0 Å². The van der Waals surface area contributed by atoms with Crippen LogP contribution < -0.4 is 0 Å². The molecule has 4 aromatic heterocycles. The van der Waals surface area contributed by atoms with Crippen LogP contribution in [0.2, 0.25) is 0 Å². The molecule has 0 unspecified atom stereocenters. The summed E-state index contributed by atoms with van der Waals surface area (Å²) in [6, 6.07) is 85.7. The van der Waals surface area contributed by atoms with Crippen molar-refractivity contribution >= 4 is 118 Å². The Morgan fingerprint density at radius 3 is 1.71 bits per heavy atom. The average Bonchev–Trinajstić information content (AvgIpc) is 4.14. The maximum atomic E-state index is 5.65. The predicted molar refractivity (Wildman–Crippen MR) is 308 cm³/mol. The summed E-state index contributed by atoms with van der Waals surface area (Å²) in [6.07, 6.45) is 0. The lowest BCUT2D eigenvalue weighted by atomic mass is 10.0. The summed E-state index contributed by atoms with van der Waals surface area (Å²) in [5.74, 6) is 1.82. The summed E-state index contributed by atoms with van der Waals surface area (Å²) < 4.78 is 7.34. The van der Waals surface area contributed by atoms with E-state index in [9.17, 15) is 0 Å². The van der Waals surface area contributed by atoms with Crippen LogP contribution in [0.4, 0.5) is 0 Å². The molecule has 338 valence electrons. The first kappa shape index (κ1) is 40.3. The van der Waals surface area contributed by atoms with Crippen molar-refractivity contribution in [3.8, 4) is 45.5 Å². The van der Waals surface area contributed by atoms with E-state index in [-0.39, 0.29) is 0 Å². The molecule has 0 fully saturated rings. The van der Waals surface area contributed by atoms with Gasteiger partial charge in [0.15, 0.2) is 17.5 Å². The highest BCUT2D eigenvalue weighted by atomic mass is 32.1. The zero-order chi connectivity index (χ0) is 47.7. The molecule has 0 saturated carbocycles. The lowest BCUT2D eigenvalue weighted by molar-refractivity contribution is 1.07. The first-order valence-electron chi connectivity index (χ1n) is 24.8. The Morgan fingerprint density at radius 2 is 0.890 bits per heavy atom. The lowest BCUT2D eigenvalue weighted by Gasteiger charge is -2.17. The predicted octanol–water partition coefficient (Wildman–Crippen LogP) is 18.0. The highest BCUT2D eigenvalue weighted by Crippen LogP contribution is 2.48. The third-order valence-electron chi connectivity index (χ3n) is 15.1. The zero-order valence-corrected chi connectivity index (χ0v) is 40.0. The second-order valence-electron chi connectivity index (χ2n) is 19.1. The largest absolute Gasteiger partial charge is 0.309 e. The standard InChI is InChI=1S/C67H39N5S/c1-2-21-46(22-3-1)71-56-28-13-12-26-50(56)51-32-30-45(39-58(51)71)65-68-66(52-27-14-20-40-15-6-9-23-47(40)52)70-67(69-65)54-34-36-60-62(53-33-29-42-17-8-11-25-49(42)64(53)73-60)63(54)72-57-35-31-41-16-7-10-24-48(41)61(57)55-37-43-18-4-5-19-44(43)38-59(55)72/h1-39H. The van der Waals surface area contributed by atoms with Crippen molar-refractivity contribution in [3.05, 3.63) is 237 Å². The van der Waals surface area contributed by atoms with Crippen molar-refractivity contribution in [1.82, 2.24) is 24.1 Å². The average molecular weight is 946 g/mol. The fourth-order valence-electron chi connectivity index (χ4n) is 11.8. The van der Waals surface area contributed by atoms with Crippen LogP contribution in [0.15, 0.2) is 237 Å². The molecule has 4 heterocycles. The quantitative estimate of drug-likeness (QED) is 0.173. The number of nitrogens with zero attached hydrogens (tertiary/aromatic N) is 5. The molecule has 16 rings (SSSR count). The van der Waals surface area contributed by atoms with E-state index < -0.39 is 0 Å². The van der Waals surface area contributed by atoms with Crippen LogP contribution in [0.25, 0.3) is 152 Å². The molecule has 6 heteroatoms. The molecule has 0 spiro atoms. The van der Waals surface area contributed by atoms with Gasteiger partial charge in [0.1, 0.15) is 0 Å². The molecule has 0 aliphatic heterocycles. The van der Waals surface area contributed by atoms with E-state index in [0.29, 0.717) is 17.5 Å². The number of para-hydroxylation sites is 2. The van der Waals surface area contributed by atoms with Crippen molar-refractivity contribution < 1.29 is 0 Å². The molecule has 0 aliphatic carbocycles. The minimum Gasteiger partial charge on any atom is -0.309 e. The van der Waals surface area contributed by atoms with Gasteiger partial charge in [-0.3, -0.25) is 0 Å². The molecule has 0 amide bonds. The molecule has 0 aliphatic rings. The molecule has 16 aromatic rings. The topological polar surface area (TPSA) is 48.5 Å². The molecule has 0 atom stereocenters. The summed E-state index contributed by atoms with van der Waals surface area (Å²) in [6.45, 7) is 0. The summed E-state index contributed by atoms with van der Waals surface area (Å²) in [4.78, 5) is 16.8. The Kier molecular flexibility index (Phi) is 8.55. The van der Waals surface area contributed by atoms with Gasteiger partial charge in [-0.1, -0.05) is 182 Å². The van der Waals surface area contributed by atoms with E-state index in [1.807, 2.05) is 11.3 Å². The second kappa shape index (κ2) is 15.5. The zero-order valence-electron chi connectivity index (χ0n) is 39.2. The van der Waals surface area contributed by atoms with Crippen LogP contribution in [-0.2, 0) is 0 Å². The van der Waals surface area contributed by atoms with Gasteiger partial charge < -0.3 is 9.13 Å². The number of fused-ring (bicyclic) bond motifs is 15. The van der Waals surface area contributed by atoms with Gasteiger partial charge >= 0.3 is 0 Å². The second-order valence-corrected chi connectivity index (χ2v) is 20.1. The highest BCUT2D eigenvalue weighted by Gasteiger charge is 2.26. The number of thiophene rings is 1. The molecular formula is C67H39N5S. The van der Waals surface area contributed by atoms with E-state index in [1.54, 1.807) is 0 Å². The Morgan fingerprint density at radius 1 is 0.301 bits per heavy atom. The van der Waals surface area contributed by atoms with Crippen LogP contribution >= 0.6 is 11.3 Å². The number of rotatable bonds is 5. The minimum atomic E-state index is 0.602. The van der Waals surface area contributed by atoms with Gasteiger partial charge in [0, 0.05) is 64.1 Å². The normalized spacial score (nSPS) is 12.1. The maximum absolute atomic E-state index is 5.65. The Labute approximate surface area is 422 Å². The number of hydrogen-bond acceptors (Lipinski definition) is 4. The molecule has 73 heavy (non-hydrogen) atoms. The Bertz CT molecular complexity index is 4980. The number of hydrogen-bond donors (Lipinski definition) is 0. The van der Waals surface area contributed by atoms with Crippen molar-refractivity contribution in [2.45, 2.75) is 0 Å². The highest BCUT2D eigenvalue weighted by molar-refractivity contribution is 7.26. The van der Waals surface area contributed by atoms with E-state index >= 15 is 0 Å². The maximum Gasteiger partial charge on any atom is 0.166 e. The molecule has 5 nitrogen and oxygen atoms in total. The van der Waals surface area contributed by atoms with Gasteiger partial charge in [0.2, 0.25) is 0 Å². The summed E-state index contributed by atoms with van der Waals surface area (Å²) in [7, 11) is 0. The molecular weight excluding hydrogens is 907 g/mol. The Hall–Kier alpha value is -9.49. The van der Waals surface area contributed by atoms with Gasteiger partial charge in [-0.25, -0.2) is 15.0 Å². The van der Waals surface area contributed by atoms with Crippen LogP contribution in [0, 0.1) is 0 Å². The molecule has 0 saturated heterocycles. The van der Waals surface area contributed by atoms with E-state index in [2.05, 4.69) is 246 Å². The van der Waals surface area contributed by atoms with E-state index in [4.69, 9.17) is 15.0 Å². The SMILES string of the molecule is c1ccc(-n2c3ccccc3c3ccc(-c4nc(-c5ccc6sc7c8ccccc8ccc7c6c5-n5c6cc7ccccc7cc6c6c7ccccc7ccc65)nc(-c5cccc6ccccc56)n4)cc32)cc1. The monoisotopic (exact) mass is 945 g/mol. The summed E-state index contributed by atoms with van der Waals surface area (Å²) in [5, 5.41) is 16.7.